The monoisotopic (exact) mass is 97.1 g/mol. The van der Waals surface area contributed by atoms with E-state index in [0.29, 0.717) is 0 Å². The highest BCUT2D eigenvalue weighted by Crippen LogP contribution is 1.97. The summed E-state index contributed by atoms with van der Waals surface area (Å²) in [6.07, 6.45) is 2.69. The van der Waals surface area contributed by atoms with Crippen molar-refractivity contribution in [2.75, 3.05) is 6.54 Å². The fourth-order valence-corrected chi connectivity index (χ4v) is 1.11. The summed E-state index contributed by atoms with van der Waals surface area (Å²) < 4.78 is 0. The largest absolute Gasteiger partial charge is 0.322 e. The summed E-state index contributed by atoms with van der Waals surface area (Å²) in [5.41, 5.74) is 0. The Morgan fingerprint density at radius 3 is 3.00 bits per heavy atom. The average molecular weight is 97.0 g/mol. The molecule has 1 unspecified atom stereocenters. The molecule has 0 aromatic heterocycles. The maximum Gasteiger partial charge on any atom is 0.143 e. The van der Waals surface area contributed by atoms with Crippen molar-refractivity contribution in [3.8, 4) is 0 Å². The van der Waals surface area contributed by atoms with Gasteiger partial charge in [-0.25, -0.2) is 0 Å². The summed E-state index contributed by atoms with van der Waals surface area (Å²) in [5, 5.41) is 3.41. The molecule has 40 valence electrons. The molecule has 1 heterocycles. The lowest BCUT2D eigenvalue weighted by Crippen LogP contribution is -2.23. The Hall–Kier alpha value is 0.0249. The molecule has 1 fully saturated rings. The van der Waals surface area contributed by atoms with Gasteiger partial charge in [-0.15, -0.1) is 0 Å². The SMILES string of the molecule is CCC1BCCN1. The van der Waals surface area contributed by atoms with Crippen LogP contribution >= 0.6 is 0 Å². The topological polar surface area (TPSA) is 12.0 Å². The van der Waals surface area contributed by atoms with Crippen molar-refractivity contribution in [3.63, 3.8) is 0 Å². The lowest BCUT2D eigenvalue weighted by atomic mass is 9.69. The number of nitrogens with one attached hydrogen (secondary N) is 1. The first-order chi connectivity index (χ1) is 3.43. The van der Waals surface area contributed by atoms with Crippen LogP contribution in [0.5, 0.6) is 0 Å². The highest BCUT2D eigenvalue weighted by Gasteiger charge is 2.11. The van der Waals surface area contributed by atoms with Crippen molar-refractivity contribution in [3.05, 3.63) is 0 Å². The molecule has 1 nitrogen and oxygen atoms in total. The van der Waals surface area contributed by atoms with Crippen LogP contribution in [0.4, 0.5) is 0 Å². The predicted octanol–water partition coefficient (Wildman–Crippen LogP) is 0.180. The first kappa shape index (κ1) is 5.17. The van der Waals surface area contributed by atoms with Gasteiger partial charge in [-0.1, -0.05) is 13.2 Å². The minimum Gasteiger partial charge on any atom is -0.322 e. The fourth-order valence-electron chi connectivity index (χ4n) is 1.11. The second-order valence-corrected chi connectivity index (χ2v) is 2.20. The Morgan fingerprint density at radius 2 is 2.71 bits per heavy atom. The zero-order chi connectivity index (χ0) is 5.11. The van der Waals surface area contributed by atoms with Crippen LogP contribution in [-0.2, 0) is 0 Å². The second-order valence-electron chi connectivity index (χ2n) is 2.20. The van der Waals surface area contributed by atoms with Crippen LogP contribution in [0.15, 0.2) is 0 Å². The van der Waals surface area contributed by atoms with E-state index in [2.05, 4.69) is 12.2 Å². The van der Waals surface area contributed by atoms with Gasteiger partial charge in [0.2, 0.25) is 0 Å². The van der Waals surface area contributed by atoms with Crippen molar-refractivity contribution < 1.29 is 0 Å². The molecule has 2 heteroatoms. The molecular weight excluding hydrogens is 84.9 g/mol. The standard InChI is InChI=1S/C5H12BN/c1-2-5-6-3-4-7-5/h5-7H,2-4H2,1H3. The molecule has 1 N–H and O–H groups in total. The molecule has 1 aliphatic heterocycles. The van der Waals surface area contributed by atoms with E-state index < -0.39 is 0 Å². The van der Waals surface area contributed by atoms with Crippen LogP contribution in [-0.4, -0.2) is 19.8 Å². The Kier molecular flexibility index (Phi) is 1.74. The summed E-state index contributed by atoms with van der Waals surface area (Å²) in [6.45, 7) is 3.49. The van der Waals surface area contributed by atoms with E-state index in [0.717, 1.165) is 5.94 Å². The van der Waals surface area contributed by atoms with E-state index in [9.17, 15) is 0 Å². The number of hydrogen-bond acceptors (Lipinski definition) is 1. The van der Waals surface area contributed by atoms with Crippen molar-refractivity contribution in [1.29, 1.82) is 0 Å². The molecule has 0 aliphatic carbocycles. The summed E-state index contributed by atoms with van der Waals surface area (Å²) in [4.78, 5) is 0. The Balaban J connectivity index is 2.14. The zero-order valence-electron chi connectivity index (χ0n) is 4.91. The number of rotatable bonds is 1. The molecular formula is C5H12BN. The van der Waals surface area contributed by atoms with E-state index >= 15 is 0 Å². The van der Waals surface area contributed by atoms with Gasteiger partial charge in [0.25, 0.3) is 0 Å². The van der Waals surface area contributed by atoms with Gasteiger partial charge in [0.05, 0.1) is 0 Å². The van der Waals surface area contributed by atoms with E-state index in [1.54, 1.807) is 0 Å². The van der Waals surface area contributed by atoms with Gasteiger partial charge in [-0.3, -0.25) is 0 Å². The minimum atomic E-state index is 0.847. The van der Waals surface area contributed by atoms with Crippen LogP contribution in [0.25, 0.3) is 0 Å². The molecule has 1 rings (SSSR count). The molecule has 0 saturated carbocycles. The summed E-state index contributed by atoms with van der Waals surface area (Å²) in [7, 11) is 1.40. The maximum absolute atomic E-state index is 3.41. The Labute approximate surface area is 45.7 Å². The lowest BCUT2D eigenvalue weighted by Gasteiger charge is -2.01. The van der Waals surface area contributed by atoms with Crippen LogP contribution in [0.1, 0.15) is 13.3 Å². The molecule has 1 aliphatic rings. The first-order valence-electron chi connectivity index (χ1n) is 3.17. The van der Waals surface area contributed by atoms with Gasteiger partial charge in [0, 0.05) is 0 Å². The Morgan fingerprint density at radius 1 is 1.86 bits per heavy atom. The van der Waals surface area contributed by atoms with Crippen LogP contribution in [0, 0.1) is 0 Å². The first-order valence-corrected chi connectivity index (χ1v) is 3.17. The third-order valence-electron chi connectivity index (χ3n) is 1.66. The van der Waals surface area contributed by atoms with Gasteiger partial charge in [-0.2, -0.15) is 0 Å². The summed E-state index contributed by atoms with van der Waals surface area (Å²) in [5.74, 6) is 0.847. The van der Waals surface area contributed by atoms with E-state index in [4.69, 9.17) is 0 Å². The second kappa shape index (κ2) is 2.36. The molecule has 0 bridgehead atoms. The van der Waals surface area contributed by atoms with Crippen molar-refractivity contribution in [1.82, 2.24) is 5.32 Å². The third kappa shape index (κ3) is 1.20. The van der Waals surface area contributed by atoms with Gasteiger partial charge in [0.1, 0.15) is 7.28 Å². The van der Waals surface area contributed by atoms with Crippen LogP contribution in [0.3, 0.4) is 0 Å². The Bertz CT molecular complexity index is 50.0. The fraction of sp³-hybridized carbons (Fsp3) is 1.00. The predicted molar refractivity (Wildman–Crippen MR) is 34.0 cm³/mol. The van der Waals surface area contributed by atoms with Gasteiger partial charge >= 0.3 is 0 Å². The maximum atomic E-state index is 3.41. The molecule has 0 radical (unpaired) electrons. The zero-order valence-corrected chi connectivity index (χ0v) is 4.91. The molecule has 1 saturated heterocycles. The lowest BCUT2D eigenvalue weighted by molar-refractivity contribution is 0.683. The van der Waals surface area contributed by atoms with Gasteiger partial charge < -0.3 is 5.32 Å². The molecule has 0 aromatic carbocycles. The average Bonchev–Trinajstić information content (AvgIpc) is 2.14. The summed E-state index contributed by atoms with van der Waals surface area (Å²) in [6, 6.07) is 0. The van der Waals surface area contributed by atoms with E-state index in [1.165, 1.54) is 26.6 Å². The third-order valence-corrected chi connectivity index (χ3v) is 1.66. The molecule has 7 heavy (non-hydrogen) atoms. The van der Waals surface area contributed by atoms with Crippen molar-refractivity contribution >= 4 is 7.28 Å². The highest BCUT2D eigenvalue weighted by molar-refractivity contribution is 6.38. The van der Waals surface area contributed by atoms with Gasteiger partial charge in [-0.05, 0) is 18.9 Å². The molecule has 1 atom stereocenters. The molecule has 0 aromatic rings. The normalized spacial score (nSPS) is 30.1. The summed E-state index contributed by atoms with van der Waals surface area (Å²) >= 11 is 0. The van der Waals surface area contributed by atoms with Crippen molar-refractivity contribution in [2.45, 2.75) is 25.6 Å². The smallest absolute Gasteiger partial charge is 0.143 e. The minimum absolute atomic E-state index is 0.847. The quantitative estimate of drug-likeness (QED) is 0.460. The molecule has 0 spiro atoms. The molecule has 0 amide bonds. The van der Waals surface area contributed by atoms with Crippen molar-refractivity contribution in [2.24, 2.45) is 0 Å². The van der Waals surface area contributed by atoms with Crippen LogP contribution in [0.2, 0.25) is 6.32 Å². The van der Waals surface area contributed by atoms with Crippen LogP contribution < -0.4 is 5.32 Å². The number of hydrogen-bond donors (Lipinski definition) is 1. The highest BCUT2D eigenvalue weighted by atomic mass is 14.9. The van der Waals surface area contributed by atoms with E-state index in [1.807, 2.05) is 0 Å². The van der Waals surface area contributed by atoms with Gasteiger partial charge in [0.15, 0.2) is 0 Å². The van der Waals surface area contributed by atoms with E-state index in [-0.39, 0.29) is 0 Å².